The van der Waals surface area contributed by atoms with Crippen molar-refractivity contribution < 1.29 is 9.13 Å². The molecule has 0 aliphatic rings. The molecule has 0 saturated heterocycles. The normalized spacial score (nSPS) is 9.83. The maximum atomic E-state index is 12.9. The highest BCUT2D eigenvalue weighted by atomic mass is 79.9. The van der Waals surface area contributed by atoms with Gasteiger partial charge in [0.25, 0.3) is 0 Å². The largest absolute Gasteiger partial charge is 0.488 e. The third-order valence-corrected chi connectivity index (χ3v) is 2.84. The Bertz CT molecular complexity index is 607. The highest BCUT2D eigenvalue weighted by molar-refractivity contribution is 9.10. The minimum absolute atomic E-state index is 0.199. The van der Waals surface area contributed by atoms with Crippen LogP contribution in [0.4, 0.5) is 4.39 Å². The fraction of sp³-hybridized carbons (Fsp3) is 0.0714. The average molecular weight is 306 g/mol. The molecule has 0 aliphatic carbocycles. The van der Waals surface area contributed by atoms with E-state index in [0.717, 1.165) is 16.1 Å². The SMILES string of the molecule is N#Cc1cc(F)ccc1OCc1cccc(Br)c1. The van der Waals surface area contributed by atoms with Crippen molar-refractivity contribution in [2.45, 2.75) is 6.61 Å². The molecule has 0 atom stereocenters. The Balaban J connectivity index is 2.14. The summed E-state index contributed by atoms with van der Waals surface area (Å²) in [6.45, 7) is 0.333. The molecule has 0 radical (unpaired) electrons. The van der Waals surface area contributed by atoms with Crippen LogP contribution in [0.15, 0.2) is 46.9 Å². The van der Waals surface area contributed by atoms with E-state index in [1.165, 1.54) is 12.1 Å². The zero-order valence-electron chi connectivity index (χ0n) is 9.36. The molecule has 0 bridgehead atoms. The summed E-state index contributed by atoms with van der Waals surface area (Å²) in [7, 11) is 0. The van der Waals surface area contributed by atoms with Crippen molar-refractivity contribution in [3.8, 4) is 11.8 Å². The molecule has 0 fully saturated rings. The van der Waals surface area contributed by atoms with E-state index in [4.69, 9.17) is 10.00 Å². The second-order valence-electron chi connectivity index (χ2n) is 3.67. The predicted molar refractivity (Wildman–Crippen MR) is 69.6 cm³/mol. The van der Waals surface area contributed by atoms with Crippen molar-refractivity contribution in [3.63, 3.8) is 0 Å². The van der Waals surface area contributed by atoms with E-state index in [9.17, 15) is 4.39 Å². The number of nitriles is 1. The molecule has 0 spiro atoms. The fourth-order valence-electron chi connectivity index (χ4n) is 1.50. The van der Waals surface area contributed by atoms with Gasteiger partial charge in [-0.05, 0) is 35.9 Å². The minimum atomic E-state index is -0.443. The Hall–Kier alpha value is -1.86. The van der Waals surface area contributed by atoms with Crippen molar-refractivity contribution in [1.29, 1.82) is 5.26 Å². The van der Waals surface area contributed by atoms with Gasteiger partial charge in [-0.15, -0.1) is 0 Å². The van der Waals surface area contributed by atoms with E-state index < -0.39 is 5.82 Å². The highest BCUT2D eigenvalue weighted by Crippen LogP contribution is 2.20. The average Bonchev–Trinajstić information content (AvgIpc) is 2.37. The number of benzene rings is 2. The monoisotopic (exact) mass is 305 g/mol. The summed E-state index contributed by atoms with van der Waals surface area (Å²) >= 11 is 3.37. The first kappa shape index (κ1) is 12.6. The van der Waals surface area contributed by atoms with Crippen LogP contribution in [0.3, 0.4) is 0 Å². The number of nitrogens with zero attached hydrogens (tertiary/aromatic N) is 1. The van der Waals surface area contributed by atoms with Gasteiger partial charge in [0, 0.05) is 4.47 Å². The quantitative estimate of drug-likeness (QED) is 0.857. The fourth-order valence-corrected chi connectivity index (χ4v) is 1.95. The Labute approximate surface area is 113 Å². The van der Waals surface area contributed by atoms with E-state index in [1.54, 1.807) is 0 Å². The molecule has 0 unspecified atom stereocenters. The van der Waals surface area contributed by atoms with Gasteiger partial charge in [0.1, 0.15) is 24.2 Å². The van der Waals surface area contributed by atoms with Crippen LogP contribution >= 0.6 is 15.9 Å². The molecule has 90 valence electrons. The molecular formula is C14H9BrFNO. The van der Waals surface area contributed by atoms with Crippen LogP contribution < -0.4 is 4.74 Å². The lowest BCUT2D eigenvalue weighted by molar-refractivity contribution is 0.304. The lowest BCUT2D eigenvalue weighted by atomic mass is 10.2. The van der Waals surface area contributed by atoms with Crippen LogP contribution in [0.1, 0.15) is 11.1 Å². The highest BCUT2D eigenvalue weighted by Gasteiger charge is 2.05. The first-order chi connectivity index (χ1) is 8.69. The minimum Gasteiger partial charge on any atom is -0.488 e. The Morgan fingerprint density at radius 1 is 1.22 bits per heavy atom. The standard InChI is InChI=1S/C14H9BrFNO/c15-12-3-1-2-10(6-12)9-18-14-5-4-13(16)7-11(14)8-17/h1-7H,9H2. The molecule has 0 aliphatic heterocycles. The molecule has 0 amide bonds. The topological polar surface area (TPSA) is 33.0 Å². The predicted octanol–water partition coefficient (Wildman–Crippen LogP) is 4.04. The molecule has 2 aromatic carbocycles. The lowest BCUT2D eigenvalue weighted by Crippen LogP contribution is -1.97. The van der Waals surface area contributed by atoms with Gasteiger partial charge in [0.05, 0.1) is 5.56 Å². The van der Waals surface area contributed by atoms with Gasteiger partial charge in [0.2, 0.25) is 0 Å². The van der Waals surface area contributed by atoms with E-state index in [1.807, 2.05) is 30.3 Å². The molecule has 0 aromatic heterocycles. The first-order valence-corrected chi connectivity index (χ1v) is 6.05. The molecule has 2 nitrogen and oxygen atoms in total. The molecule has 4 heteroatoms. The smallest absolute Gasteiger partial charge is 0.137 e. The molecule has 18 heavy (non-hydrogen) atoms. The van der Waals surface area contributed by atoms with Gasteiger partial charge in [-0.1, -0.05) is 28.1 Å². The van der Waals surface area contributed by atoms with Gasteiger partial charge in [-0.25, -0.2) is 4.39 Å². The number of halogens is 2. The van der Waals surface area contributed by atoms with Crippen LogP contribution in [0.2, 0.25) is 0 Å². The zero-order chi connectivity index (χ0) is 13.0. The molecule has 0 N–H and O–H groups in total. The van der Waals surface area contributed by atoms with Gasteiger partial charge in [-0.3, -0.25) is 0 Å². The van der Waals surface area contributed by atoms with Crippen LogP contribution in [-0.2, 0) is 6.61 Å². The van der Waals surface area contributed by atoms with Crippen LogP contribution in [0, 0.1) is 17.1 Å². The zero-order valence-corrected chi connectivity index (χ0v) is 10.9. The number of hydrogen-bond acceptors (Lipinski definition) is 2. The van der Waals surface area contributed by atoms with Crippen molar-refractivity contribution in [2.75, 3.05) is 0 Å². The summed E-state index contributed by atoms with van der Waals surface area (Å²) in [4.78, 5) is 0. The van der Waals surface area contributed by atoms with Gasteiger partial charge < -0.3 is 4.74 Å². The van der Waals surface area contributed by atoms with Gasteiger partial charge >= 0.3 is 0 Å². The second-order valence-corrected chi connectivity index (χ2v) is 4.59. The Kier molecular flexibility index (Phi) is 3.96. The third-order valence-electron chi connectivity index (χ3n) is 2.35. The van der Waals surface area contributed by atoms with E-state index in [0.29, 0.717) is 12.4 Å². The van der Waals surface area contributed by atoms with Crippen LogP contribution in [0.25, 0.3) is 0 Å². The van der Waals surface area contributed by atoms with Crippen molar-refractivity contribution >= 4 is 15.9 Å². The van der Waals surface area contributed by atoms with Crippen molar-refractivity contribution in [1.82, 2.24) is 0 Å². The van der Waals surface area contributed by atoms with Gasteiger partial charge in [0.15, 0.2) is 0 Å². The molecular weight excluding hydrogens is 297 g/mol. The van der Waals surface area contributed by atoms with E-state index in [2.05, 4.69) is 15.9 Å². The maximum Gasteiger partial charge on any atom is 0.137 e. The molecule has 2 rings (SSSR count). The van der Waals surface area contributed by atoms with E-state index in [-0.39, 0.29) is 5.56 Å². The molecule has 0 heterocycles. The third kappa shape index (κ3) is 3.08. The van der Waals surface area contributed by atoms with E-state index >= 15 is 0 Å². The summed E-state index contributed by atoms with van der Waals surface area (Å²) in [6.07, 6.45) is 0. The number of rotatable bonds is 3. The van der Waals surface area contributed by atoms with Crippen LogP contribution in [0.5, 0.6) is 5.75 Å². The summed E-state index contributed by atoms with van der Waals surface area (Å²) in [5, 5.41) is 8.88. The Morgan fingerprint density at radius 2 is 2.06 bits per heavy atom. The molecule has 0 saturated carbocycles. The Morgan fingerprint density at radius 3 is 2.78 bits per heavy atom. The van der Waals surface area contributed by atoms with Crippen molar-refractivity contribution in [2.24, 2.45) is 0 Å². The lowest BCUT2D eigenvalue weighted by Gasteiger charge is -2.08. The summed E-state index contributed by atoms with van der Waals surface area (Å²) in [5.74, 6) is -0.0553. The van der Waals surface area contributed by atoms with Gasteiger partial charge in [-0.2, -0.15) is 5.26 Å². The first-order valence-electron chi connectivity index (χ1n) is 5.26. The van der Waals surface area contributed by atoms with Crippen molar-refractivity contribution in [3.05, 3.63) is 63.9 Å². The summed E-state index contributed by atoms with van der Waals surface area (Å²) in [6, 6.07) is 13.5. The maximum absolute atomic E-state index is 12.9. The summed E-state index contributed by atoms with van der Waals surface area (Å²) < 4.78 is 19.4. The number of hydrogen-bond donors (Lipinski definition) is 0. The second kappa shape index (κ2) is 5.65. The molecule has 2 aromatic rings. The number of ether oxygens (including phenoxy) is 1. The summed E-state index contributed by atoms with van der Waals surface area (Å²) in [5.41, 5.74) is 1.17. The van der Waals surface area contributed by atoms with Crippen LogP contribution in [-0.4, -0.2) is 0 Å².